The molecule has 0 aromatic carbocycles. The second kappa shape index (κ2) is 5.75. The number of aryl methyl sites for hydroxylation is 1. The van der Waals surface area contributed by atoms with Crippen molar-refractivity contribution in [1.82, 2.24) is 5.32 Å². The summed E-state index contributed by atoms with van der Waals surface area (Å²) in [5.41, 5.74) is 0. The zero-order valence-electron chi connectivity index (χ0n) is 11.1. The number of nitrogens with one attached hydrogen (secondary N) is 1. The lowest BCUT2D eigenvalue weighted by molar-refractivity contribution is 0.649. The maximum absolute atomic E-state index is 3.63. The molecule has 0 bridgehead atoms. The molecule has 0 radical (unpaired) electrons. The predicted octanol–water partition coefficient (Wildman–Crippen LogP) is 5.29. The number of rotatable bonds is 5. The molecular formula is C15H17NS3. The van der Waals surface area contributed by atoms with Crippen LogP contribution in [0.4, 0.5) is 0 Å². The normalized spacial score (nSPS) is 13.2. The standard InChI is InChI=1S/C15H17NS3/c1-3-10-5-6-12(18-10)15(16-4-2)14-9-13-11(19-14)7-8-17-13/h5-9,15-16H,3-4H2,1-2H3. The van der Waals surface area contributed by atoms with Crippen LogP contribution < -0.4 is 5.32 Å². The smallest absolute Gasteiger partial charge is 0.0765 e. The summed E-state index contributed by atoms with van der Waals surface area (Å²) in [4.78, 5) is 4.34. The minimum absolute atomic E-state index is 0.361. The van der Waals surface area contributed by atoms with Crippen molar-refractivity contribution >= 4 is 43.4 Å². The van der Waals surface area contributed by atoms with E-state index in [2.05, 4.69) is 48.8 Å². The zero-order chi connectivity index (χ0) is 13.2. The lowest BCUT2D eigenvalue weighted by Crippen LogP contribution is -2.20. The first-order valence-electron chi connectivity index (χ1n) is 6.60. The molecule has 0 amide bonds. The van der Waals surface area contributed by atoms with E-state index >= 15 is 0 Å². The SMILES string of the molecule is CCNC(c1ccc(CC)s1)c1cc2sccc2s1. The van der Waals surface area contributed by atoms with Crippen molar-refractivity contribution < 1.29 is 0 Å². The highest BCUT2D eigenvalue weighted by Crippen LogP contribution is 2.37. The maximum atomic E-state index is 3.63. The fraction of sp³-hybridized carbons (Fsp3) is 0.333. The van der Waals surface area contributed by atoms with Gasteiger partial charge in [-0.3, -0.25) is 0 Å². The van der Waals surface area contributed by atoms with Gasteiger partial charge in [0.05, 0.1) is 6.04 Å². The van der Waals surface area contributed by atoms with Gasteiger partial charge in [-0.1, -0.05) is 13.8 Å². The van der Waals surface area contributed by atoms with Crippen molar-refractivity contribution in [2.75, 3.05) is 6.54 Å². The topological polar surface area (TPSA) is 12.0 Å². The number of fused-ring (bicyclic) bond motifs is 1. The molecule has 1 nitrogen and oxygen atoms in total. The third-order valence-corrected chi connectivity index (χ3v) is 6.62. The lowest BCUT2D eigenvalue weighted by atomic mass is 10.2. The van der Waals surface area contributed by atoms with Gasteiger partial charge in [0, 0.05) is 24.0 Å². The second-order valence-corrected chi connectivity index (χ2v) is 7.71. The van der Waals surface area contributed by atoms with E-state index in [4.69, 9.17) is 0 Å². The average molecular weight is 308 g/mol. The van der Waals surface area contributed by atoms with E-state index in [0.717, 1.165) is 13.0 Å². The molecule has 0 spiro atoms. The minimum atomic E-state index is 0.361. The van der Waals surface area contributed by atoms with E-state index in [9.17, 15) is 0 Å². The van der Waals surface area contributed by atoms with Crippen molar-refractivity contribution in [3.8, 4) is 0 Å². The summed E-state index contributed by atoms with van der Waals surface area (Å²) in [6.45, 7) is 5.39. The Morgan fingerprint density at radius 2 is 1.95 bits per heavy atom. The summed E-state index contributed by atoms with van der Waals surface area (Å²) >= 11 is 5.69. The summed E-state index contributed by atoms with van der Waals surface area (Å²) < 4.78 is 2.82. The Balaban J connectivity index is 1.97. The van der Waals surface area contributed by atoms with Crippen molar-refractivity contribution in [3.05, 3.63) is 44.3 Å². The van der Waals surface area contributed by atoms with Gasteiger partial charge in [-0.2, -0.15) is 0 Å². The van der Waals surface area contributed by atoms with Gasteiger partial charge in [0.2, 0.25) is 0 Å². The molecule has 3 rings (SSSR count). The van der Waals surface area contributed by atoms with Crippen LogP contribution in [-0.2, 0) is 6.42 Å². The van der Waals surface area contributed by atoms with E-state index in [-0.39, 0.29) is 0 Å². The molecule has 1 unspecified atom stereocenters. The third-order valence-electron chi connectivity index (χ3n) is 3.17. The van der Waals surface area contributed by atoms with Crippen LogP contribution in [0.2, 0.25) is 0 Å². The Morgan fingerprint density at radius 3 is 2.63 bits per heavy atom. The number of hydrogen-bond acceptors (Lipinski definition) is 4. The molecule has 19 heavy (non-hydrogen) atoms. The van der Waals surface area contributed by atoms with E-state index in [1.54, 1.807) is 0 Å². The summed E-state index contributed by atoms with van der Waals surface area (Å²) in [6.07, 6.45) is 1.13. The first-order chi connectivity index (χ1) is 9.31. The van der Waals surface area contributed by atoms with Gasteiger partial charge < -0.3 is 5.32 Å². The average Bonchev–Trinajstić information content (AvgIpc) is 3.10. The Kier molecular flexibility index (Phi) is 4.03. The van der Waals surface area contributed by atoms with Crippen LogP contribution in [0.25, 0.3) is 9.40 Å². The second-order valence-electron chi connectivity index (χ2n) is 4.45. The molecule has 0 fully saturated rings. The lowest BCUT2D eigenvalue weighted by Gasteiger charge is -2.14. The first-order valence-corrected chi connectivity index (χ1v) is 9.12. The van der Waals surface area contributed by atoms with Gasteiger partial charge in [-0.05, 0) is 42.6 Å². The molecule has 100 valence electrons. The summed E-state index contributed by atoms with van der Waals surface area (Å²) in [5.74, 6) is 0. The summed E-state index contributed by atoms with van der Waals surface area (Å²) in [6, 6.07) is 9.48. The number of hydrogen-bond donors (Lipinski definition) is 1. The summed E-state index contributed by atoms with van der Waals surface area (Å²) in [5, 5.41) is 5.80. The Bertz CT molecular complexity index is 633. The Labute approximate surface area is 125 Å². The monoisotopic (exact) mass is 307 g/mol. The number of thiophene rings is 3. The van der Waals surface area contributed by atoms with Gasteiger partial charge in [0.15, 0.2) is 0 Å². The fourth-order valence-corrected chi connectivity index (χ4v) is 5.55. The quantitative estimate of drug-likeness (QED) is 0.675. The molecule has 3 heterocycles. The van der Waals surface area contributed by atoms with Crippen LogP contribution >= 0.6 is 34.0 Å². The molecule has 0 saturated carbocycles. The van der Waals surface area contributed by atoms with Crippen molar-refractivity contribution in [1.29, 1.82) is 0 Å². The first kappa shape index (κ1) is 13.3. The van der Waals surface area contributed by atoms with Crippen LogP contribution in [-0.4, -0.2) is 6.54 Å². The zero-order valence-corrected chi connectivity index (χ0v) is 13.6. The maximum Gasteiger partial charge on any atom is 0.0765 e. The van der Waals surface area contributed by atoms with Crippen molar-refractivity contribution in [2.45, 2.75) is 26.3 Å². The Morgan fingerprint density at radius 1 is 1.05 bits per heavy atom. The molecule has 0 aliphatic carbocycles. The molecule has 3 aromatic heterocycles. The van der Waals surface area contributed by atoms with Crippen LogP contribution in [0.1, 0.15) is 34.5 Å². The van der Waals surface area contributed by atoms with E-state index < -0.39 is 0 Å². The molecule has 4 heteroatoms. The van der Waals surface area contributed by atoms with Gasteiger partial charge in [0.1, 0.15) is 0 Å². The highest BCUT2D eigenvalue weighted by Gasteiger charge is 2.18. The molecule has 1 N–H and O–H groups in total. The van der Waals surface area contributed by atoms with Gasteiger partial charge >= 0.3 is 0 Å². The van der Waals surface area contributed by atoms with Crippen LogP contribution in [0.15, 0.2) is 29.6 Å². The third kappa shape index (κ3) is 2.63. The molecule has 0 aliphatic heterocycles. The fourth-order valence-electron chi connectivity index (χ4n) is 2.21. The van der Waals surface area contributed by atoms with Crippen LogP contribution in [0.3, 0.4) is 0 Å². The van der Waals surface area contributed by atoms with Gasteiger partial charge in [0.25, 0.3) is 0 Å². The Hall–Kier alpha value is -0.680. The van der Waals surface area contributed by atoms with E-state index in [1.807, 2.05) is 34.0 Å². The largest absolute Gasteiger partial charge is 0.305 e. The highest BCUT2D eigenvalue weighted by atomic mass is 32.1. The molecular weight excluding hydrogens is 290 g/mol. The van der Waals surface area contributed by atoms with E-state index in [1.165, 1.54) is 24.0 Å². The van der Waals surface area contributed by atoms with E-state index in [0.29, 0.717) is 6.04 Å². The summed E-state index contributed by atoms with van der Waals surface area (Å²) in [7, 11) is 0. The van der Waals surface area contributed by atoms with Crippen LogP contribution in [0.5, 0.6) is 0 Å². The predicted molar refractivity (Wildman–Crippen MR) is 88.9 cm³/mol. The highest BCUT2D eigenvalue weighted by molar-refractivity contribution is 7.27. The van der Waals surface area contributed by atoms with Crippen molar-refractivity contribution in [3.63, 3.8) is 0 Å². The van der Waals surface area contributed by atoms with Crippen LogP contribution in [0, 0.1) is 0 Å². The molecule has 0 saturated heterocycles. The molecule has 1 atom stereocenters. The van der Waals surface area contributed by atoms with Gasteiger partial charge in [-0.15, -0.1) is 34.0 Å². The molecule has 3 aromatic rings. The minimum Gasteiger partial charge on any atom is -0.305 e. The molecule has 0 aliphatic rings. The van der Waals surface area contributed by atoms with Gasteiger partial charge in [-0.25, -0.2) is 0 Å². The van der Waals surface area contributed by atoms with Crippen molar-refractivity contribution in [2.24, 2.45) is 0 Å².